The minimum Gasteiger partial charge on any atom is -0.338 e. The van der Waals surface area contributed by atoms with Gasteiger partial charge in [0.15, 0.2) is 0 Å². The van der Waals surface area contributed by atoms with E-state index >= 15 is 0 Å². The summed E-state index contributed by atoms with van der Waals surface area (Å²) < 4.78 is 13.6. The first-order valence-corrected chi connectivity index (χ1v) is 7.17. The van der Waals surface area contributed by atoms with Crippen LogP contribution in [0.25, 0.3) is 0 Å². The third-order valence-electron chi connectivity index (χ3n) is 3.66. The molecule has 0 aliphatic rings. The van der Waals surface area contributed by atoms with Crippen LogP contribution in [0.15, 0.2) is 48.5 Å². The largest absolute Gasteiger partial charge is 0.338 e. The maximum atomic E-state index is 13.6. The van der Waals surface area contributed by atoms with E-state index in [-0.39, 0.29) is 18.1 Å². The molecule has 0 atom stereocenters. The van der Waals surface area contributed by atoms with Gasteiger partial charge in [0.2, 0.25) is 5.91 Å². The lowest BCUT2D eigenvalue weighted by molar-refractivity contribution is -0.130. The Kier molecular flexibility index (Phi) is 5.09. The first kappa shape index (κ1) is 15.2. The van der Waals surface area contributed by atoms with Gasteiger partial charge in [0.1, 0.15) is 5.82 Å². The van der Waals surface area contributed by atoms with E-state index in [0.717, 1.165) is 11.1 Å². The molecule has 110 valence electrons. The maximum Gasteiger partial charge on any atom is 0.227 e. The standard InChI is InChI=1S/C18H20FNO/c1-3-20(13-16-10-5-4-8-14(16)2)18(21)12-15-9-6-7-11-17(15)19/h4-11H,3,12-13H2,1-2H3. The van der Waals surface area contributed by atoms with Crippen LogP contribution >= 0.6 is 0 Å². The number of nitrogens with zero attached hydrogens (tertiary/aromatic N) is 1. The normalized spacial score (nSPS) is 10.4. The summed E-state index contributed by atoms with van der Waals surface area (Å²) in [5, 5.41) is 0. The van der Waals surface area contributed by atoms with Crippen molar-refractivity contribution in [3.8, 4) is 0 Å². The van der Waals surface area contributed by atoms with Gasteiger partial charge >= 0.3 is 0 Å². The molecule has 3 heteroatoms. The molecule has 0 N–H and O–H groups in total. The maximum absolute atomic E-state index is 13.6. The molecule has 2 aromatic carbocycles. The average Bonchev–Trinajstić information content (AvgIpc) is 2.48. The number of hydrogen-bond donors (Lipinski definition) is 0. The summed E-state index contributed by atoms with van der Waals surface area (Å²) in [4.78, 5) is 14.1. The van der Waals surface area contributed by atoms with Gasteiger partial charge in [0.25, 0.3) is 0 Å². The van der Waals surface area contributed by atoms with E-state index in [1.54, 1.807) is 23.1 Å². The Balaban J connectivity index is 2.09. The summed E-state index contributed by atoms with van der Waals surface area (Å²) in [6, 6.07) is 14.4. The summed E-state index contributed by atoms with van der Waals surface area (Å²) >= 11 is 0. The van der Waals surface area contributed by atoms with E-state index in [4.69, 9.17) is 0 Å². The minimum absolute atomic E-state index is 0.0501. The predicted octanol–water partition coefficient (Wildman–Crippen LogP) is 3.73. The zero-order valence-electron chi connectivity index (χ0n) is 12.5. The van der Waals surface area contributed by atoms with E-state index in [0.29, 0.717) is 18.7 Å². The third kappa shape index (κ3) is 3.91. The fraction of sp³-hybridized carbons (Fsp3) is 0.278. The van der Waals surface area contributed by atoms with Gasteiger partial charge in [-0.05, 0) is 36.6 Å². The highest BCUT2D eigenvalue weighted by atomic mass is 19.1. The van der Waals surface area contributed by atoms with Crippen molar-refractivity contribution in [2.75, 3.05) is 6.54 Å². The van der Waals surface area contributed by atoms with Gasteiger partial charge in [0.05, 0.1) is 6.42 Å². The van der Waals surface area contributed by atoms with Crippen molar-refractivity contribution in [1.29, 1.82) is 0 Å². The molecule has 0 unspecified atom stereocenters. The summed E-state index contributed by atoms with van der Waals surface area (Å²) in [5.41, 5.74) is 2.74. The van der Waals surface area contributed by atoms with E-state index < -0.39 is 0 Å². The molecule has 2 rings (SSSR count). The lowest BCUT2D eigenvalue weighted by Gasteiger charge is -2.22. The zero-order valence-corrected chi connectivity index (χ0v) is 12.5. The Hall–Kier alpha value is -2.16. The molecule has 2 aromatic rings. The van der Waals surface area contributed by atoms with Crippen molar-refractivity contribution in [2.24, 2.45) is 0 Å². The molecule has 2 nitrogen and oxygen atoms in total. The molecular formula is C18H20FNO. The highest BCUT2D eigenvalue weighted by Gasteiger charge is 2.15. The van der Waals surface area contributed by atoms with Crippen LogP contribution in [0.3, 0.4) is 0 Å². The molecule has 0 heterocycles. The second-order valence-corrected chi connectivity index (χ2v) is 5.10. The van der Waals surface area contributed by atoms with Gasteiger partial charge in [-0.1, -0.05) is 42.5 Å². The van der Waals surface area contributed by atoms with E-state index in [1.165, 1.54) is 6.07 Å². The zero-order chi connectivity index (χ0) is 15.2. The predicted molar refractivity (Wildman–Crippen MR) is 82.4 cm³/mol. The molecule has 0 aromatic heterocycles. The molecule has 1 amide bonds. The Labute approximate surface area is 125 Å². The van der Waals surface area contributed by atoms with Crippen molar-refractivity contribution in [3.05, 3.63) is 71.0 Å². The molecular weight excluding hydrogens is 265 g/mol. The number of carbonyl (C=O) groups is 1. The Morgan fingerprint density at radius 1 is 1.05 bits per heavy atom. The fourth-order valence-electron chi connectivity index (χ4n) is 2.29. The van der Waals surface area contributed by atoms with Gasteiger partial charge in [-0.2, -0.15) is 0 Å². The van der Waals surface area contributed by atoms with Crippen LogP contribution in [0.4, 0.5) is 4.39 Å². The van der Waals surface area contributed by atoms with Crippen molar-refractivity contribution < 1.29 is 9.18 Å². The van der Waals surface area contributed by atoms with Crippen LogP contribution < -0.4 is 0 Å². The lowest BCUT2D eigenvalue weighted by atomic mass is 10.1. The van der Waals surface area contributed by atoms with Crippen LogP contribution in [0.5, 0.6) is 0 Å². The number of amides is 1. The topological polar surface area (TPSA) is 20.3 Å². The molecule has 0 radical (unpaired) electrons. The minimum atomic E-state index is -0.321. The average molecular weight is 285 g/mol. The fourth-order valence-corrected chi connectivity index (χ4v) is 2.29. The molecule has 0 aliphatic heterocycles. The molecule has 0 bridgehead atoms. The van der Waals surface area contributed by atoms with Crippen molar-refractivity contribution in [3.63, 3.8) is 0 Å². The summed E-state index contributed by atoms with van der Waals surface area (Å²) in [7, 11) is 0. The van der Waals surface area contributed by atoms with E-state index in [9.17, 15) is 9.18 Å². The number of benzene rings is 2. The van der Waals surface area contributed by atoms with Crippen LogP contribution in [0.2, 0.25) is 0 Å². The van der Waals surface area contributed by atoms with Gasteiger partial charge in [0, 0.05) is 13.1 Å². The smallest absolute Gasteiger partial charge is 0.227 e. The number of likely N-dealkylation sites (N-methyl/N-ethyl adjacent to an activating group) is 1. The third-order valence-corrected chi connectivity index (χ3v) is 3.66. The van der Waals surface area contributed by atoms with E-state index in [1.807, 2.05) is 38.1 Å². The van der Waals surface area contributed by atoms with Gasteiger partial charge in [-0.25, -0.2) is 4.39 Å². The second kappa shape index (κ2) is 7.02. The molecule has 0 fully saturated rings. The molecule has 21 heavy (non-hydrogen) atoms. The van der Waals surface area contributed by atoms with E-state index in [2.05, 4.69) is 0 Å². The lowest BCUT2D eigenvalue weighted by Crippen LogP contribution is -2.32. The number of carbonyl (C=O) groups excluding carboxylic acids is 1. The Bertz CT molecular complexity index is 624. The molecule has 0 saturated carbocycles. The van der Waals surface area contributed by atoms with Crippen LogP contribution in [0, 0.1) is 12.7 Å². The quantitative estimate of drug-likeness (QED) is 0.820. The monoisotopic (exact) mass is 285 g/mol. The molecule has 0 aliphatic carbocycles. The van der Waals surface area contributed by atoms with Crippen LogP contribution in [0.1, 0.15) is 23.6 Å². The Morgan fingerprint density at radius 3 is 2.29 bits per heavy atom. The summed E-state index contributed by atoms with van der Waals surface area (Å²) in [5.74, 6) is -0.372. The van der Waals surface area contributed by atoms with Crippen molar-refractivity contribution in [1.82, 2.24) is 4.90 Å². The van der Waals surface area contributed by atoms with Gasteiger partial charge in [-0.3, -0.25) is 4.79 Å². The summed E-state index contributed by atoms with van der Waals surface area (Å²) in [6.45, 7) is 5.15. The number of hydrogen-bond acceptors (Lipinski definition) is 1. The van der Waals surface area contributed by atoms with Crippen LogP contribution in [-0.4, -0.2) is 17.4 Å². The summed E-state index contributed by atoms with van der Waals surface area (Å²) in [6.07, 6.45) is 0.104. The highest BCUT2D eigenvalue weighted by Crippen LogP contribution is 2.13. The molecule has 0 spiro atoms. The SMILES string of the molecule is CCN(Cc1ccccc1C)C(=O)Cc1ccccc1F. The second-order valence-electron chi connectivity index (χ2n) is 5.10. The highest BCUT2D eigenvalue weighted by molar-refractivity contribution is 5.78. The van der Waals surface area contributed by atoms with Gasteiger partial charge < -0.3 is 4.90 Å². The first-order valence-electron chi connectivity index (χ1n) is 7.17. The Morgan fingerprint density at radius 2 is 1.67 bits per heavy atom. The first-order chi connectivity index (χ1) is 10.1. The number of halogens is 1. The number of rotatable bonds is 5. The van der Waals surface area contributed by atoms with Gasteiger partial charge in [-0.15, -0.1) is 0 Å². The number of aryl methyl sites for hydroxylation is 1. The van der Waals surface area contributed by atoms with Crippen molar-refractivity contribution >= 4 is 5.91 Å². The molecule has 0 saturated heterocycles. The van der Waals surface area contributed by atoms with Crippen LogP contribution in [-0.2, 0) is 17.8 Å². The van der Waals surface area contributed by atoms with Crippen molar-refractivity contribution in [2.45, 2.75) is 26.8 Å².